The van der Waals surface area contributed by atoms with Crippen molar-refractivity contribution in [1.82, 2.24) is 0 Å². The molecule has 0 radical (unpaired) electrons. The molecule has 0 bridgehead atoms. The fourth-order valence-corrected chi connectivity index (χ4v) is 2.40. The van der Waals surface area contributed by atoms with Crippen LogP contribution in [0.4, 0.5) is 0 Å². The highest BCUT2D eigenvalue weighted by Gasteiger charge is 2.74. The van der Waals surface area contributed by atoms with E-state index in [2.05, 4.69) is 0 Å². The van der Waals surface area contributed by atoms with E-state index in [0.29, 0.717) is 0 Å². The molecule has 2 rings (SSSR count). The van der Waals surface area contributed by atoms with Gasteiger partial charge < -0.3 is 15.9 Å². The molecule has 0 spiro atoms. The second-order valence-electron chi connectivity index (χ2n) is 3.90. The van der Waals surface area contributed by atoms with E-state index in [9.17, 15) is 14.4 Å². The quantitative estimate of drug-likeness (QED) is 0.572. The molecule has 0 aliphatic heterocycles. The Morgan fingerprint density at radius 3 is 2.27 bits per heavy atom. The maximum atomic E-state index is 11.2. The van der Waals surface area contributed by atoms with E-state index in [4.69, 9.17) is 15.9 Å². The lowest BCUT2D eigenvalue weighted by molar-refractivity contribution is -0.146. The van der Waals surface area contributed by atoms with Crippen molar-refractivity contribution in [3.8, 4) is 0 Å². The summed E-state index contributed by atoms with van der Waals surface area (Å²) in [7, 11) is 0. The third-order valence-corrected chi connectivity index (χ3v) is 3.14. The van der Waals surface area contributed by atoms with Crippen LogP contribution in [0.25, 0.3) is 0 Å². The van der Waals surface area contributed by atoms with Gasteiger partial charge in [-0.3, -0.25) is 14.4 Å². The molecule has 4 N–H and O–H groups in total. The molecule has 0 heterocycles. The third kappa shape index (κ3) is 1.32. The molecule has 2 fully saturated rings. The van der Waals surface area contributed by atoms with Crippen LogP contribution in [0.1, 0.15) is 6.42 Å². The fraction of sp³-hybridized carbons (Fsp3) is 0.625. The average Bonchev–Trinajstić information content (AvgIpc) is 2.72. The summed E-state index contributed by atoms with van der Waals surface area (Å²) in [5, 5.41) is 17.5. The van der Waals surface area contributed by atoms with E-state index in [1.165, 1.54) is 0 Å². The summed E-state index contributed by atoms with van der Waals surface area (Å²) < 4.78 is 0. The number of carboxylic acid groups (broad SMARTS) is 2. The summed E-state index contributed by atoms with van der Waals surface area (Å²) in [6.45, 7) is 0. The first-order valence-corrected chi connectivity index (χ1v) is 4.17. The van der Waals surface area contributed by atoms with E-state index in [1.54, 1.807) is 0 Å². The number of Topliss-reactive ketones (excluding diaryl/α,β-unsaturated/α-hetero) is 1. The maximum absolute atomic E-state index is 11.2. The lowest BCUT2D eigenvalue weighted by Crippen LogP contribution is -2.50. The van der Waals surface area contributed by atoms with Gasteiger partial charge in [0.25, 0.3) is 0 Å². The van der Waals surface area contributed by atoms with Gasteiger partial charge >= 0.3 is 11.9 Å². The molecule has 2 aliphatic rings. The Bertz CT molecular complexity index is 353. The van der Waals surface area contributed by atoms with Crippen LogP contribution in [0.15, 0.2) is 0 Å². The Morgan fingerprint density at radius 2 is 1.93 bits per heavy atom. The van der Waals surface area contributed by atoms with Crippen LogP contribution >= 0.6 is 12.4 Å². The van der Waals surface area contributed by atoms with Crippen LogP contribution in [-0.2, 0) is 14.4 Å². The minimum Gasteiger partial charge on any atom is -0.481 e. The van der Waals surface area contributed by atoms with Crippen molar-refractivity contribution in [3.05, 3.63) is 0 Å². The zero-order valence-corrected chi connectivity index (χ0v) is 8.36. The summed E-state index contributed by atoms with van der Waals surface area (Å²) in [5.41, 5.74) is 3.86. The van der Waals surface area contributed by atoms with Gasteiger partial charge in [-0.15, -0.1) is 12.4 Å². The SMILES string of the molecule is Cl.N[C@]1(C(=O)O)CC(=O)C2C(C(=O)O)C21. The van der Waals surface area contributed by atoms with Gasteiger partial charge in [0, 0.05) is 18.3 Å². The van der Waals surface area contributed by atoms with Gasteiger partial charge in [0.1, 0.15) is 11.3 Å². The second-order valence-corrected chi connectivity index (χ2v) is 3.90. The Kier molecular flexibility index (Phi) is 2.53. The molecule has 0 aromatic rings. The first-order chi connectivity index (χ1) is 6.39. The molecule has 2 saturated carbocycles. The number of carbonyl (C=O) groups excluding carboxylic acids is 1. The monoisotopic (exact) mass is 235 g/mol. The summed E-state index contributed by atoms with van der Waals surface area (Å²) >= 11 is 0. The number of carboxylic acids is 2. The first kappa shape index (κ1) is 11.9. The predicted molar refractivity (Wildman–Crippen MR) is 49.5 cm³/mol. The molecule has 84 valence electrons. The summed E-state index contributed by atoms with van der Waals surface area (Å²) in [6.07, 6.45) is -0.249. The van der Waals surface area contributed by atoms with E-state index in [0.717, 1.165) is 0 Å². The molecule has 6 nitrogen and oxygen atoms in total. The Hall–Kier alpha value is -1.14. The topological polar surface area (TPSA) is 118 Å². The molecule has 7 heteroatoms. The number of aliphatic carboxylic acids is 2. The molecule has 2 aliphatic carbocycles. The number of rotatable bonds is 2. The molecule has 0 aromatic heterocycles. The van der Waals surface area contributed by atoms with Crippen molar-refractivity contribution in [3.63, 3.8) is 0 Å². The zero-order chi connectivity index (χ0) is 10.7. The minimum atomic E-state index is -1.66. The molecular formula is C8H10ClNO5. The summed E-state index contributed by atoms with van der Waals surface area (Å²) in [6, 6.07) is 0. The van der Waals surface area contributed by atoms with Gasteiger partial charge in [0.15, 0.2) is 0 Å². The highest BCUT2D eigenvalue weighted by atomic mass is 35.5. The van der Waals surface area contributed by atoms with Crippen molar-refractivity contribution in [1.29, 1.82) is 0 Å². The van der Waals surface area contributed by atoms with Crippen molar-refractivity contribution in [2.75, 3.05) is 0 Å². The van der Waals surface area contributed by atoms with Crippen LogP contribution in [0, 0.1) is 17.8 Å². The number of hydrogen-bond donors (Lipinski definition) is 3. The average molecular weight is 236 g/mol. The largest absolute Gasteiger partial charge is 0.481 e. The van der Waals surface area contributed by atoms with Crippen molar-refractivity contribution >= 4 is 30.1 Å². The smallest absolute Gasteiger partial charge is 0.324 e. The van der Waals surface area contributed by atoms with Gasteiger partial charge in [0.05, 0.1) is 5.92 Å². The van der Waals surface area contributed by atoms with Crippen molar-refractivity contribution in [2.45, 2.75) is 12.0 Å². The molecule has 3 unspecified atom stereocenters. The number of fused-ring (bicyclic) bond motifs is 1. The number of nitrogens with two attached hydrogens (primary N) is 1. The Morgan fingerprint density at radius 1 is 1.40 bits per heavy atom. The number of carbonyl (C=O) groups is 3. The van der Waals surface area contributed by atoms with Gasteiger partial charge in [-0.2, -0.15) is 0 Å². The van der Waals surface area contributed by atoms with Gasteiger partial charge in [-0.1, -0.05) is 0 Å². The Balaban J connectivity index is 0.00000112. The molecule has 0 amide bonds. The van der Waals surface area contributed by atoms with E-state index in [1.807, 2.05) is 0 Å². The fourth-order valence-electron chi connectivity index (χ4n) is 2.40. The van der Waals surface area contributed by atoms with Crippen LogP contribution < -0.4 is 5.73 Å². The summed E-state index contributed by atoms with van der Waals surface area (Å²) in [4.78, 5) is 32.7. The molecule has 4 atom stereocenters. The van der Waals surface area contributed by atoms with E-state index in [-0.39, 0.29) is 24.6 Å². The zero-order valence-electron chi connectivity index (χ0n) is 7.54. The van der Waals surface area contributed by atoms with Crippen LogP contribution in [0.5, 0.6) is 0 Å². The Labute approximate surface area is 90.8 Å². The number of halogens is 1. The van der Waals surface area contributed by atoms with Crippen molar-refractivity contribution in [2.24, 2.45) is 23.5 Å². The van der Waals surface area contributed by atoms with Crippen LogP contribution in [-0.4, -0.2) is 33.5 Å². The number of hydrogen-bond acceptors (Lipinski definition) is 4. The van der Waals surface area contributed by atoms with E-state index < -0.39 is 35.2 Å². The maximum Gasteiger partial charge on any atom is 0.324 e. The lowest BCUT2D eigenvalue weighted by Gasteiger charge is -2.19. The van der Waals surface area contributed by atoms with Crippen LogP contribution in [0.3, 0.4) is 0 Å². The standard InChI is InChI=1S/C8H9NO5.ClH/c9-8(7(13)14)1-2(10)3-4(5(3)8)6(11)12;/h3-5H,1,9H2,(H,11,12)(H,13,14);1H/t3?,4?,5?,8-;/m1./s1. The van der Waals surface area contributed by atoms with Crippen molar-refractivity contribution < 1.29 is 24.6 Å². The van der Waals surface area contributed by atoms with E-state index >= 15 is 0 Å². The van der Waals surface area contributed by atoms with Gasteiger partial charge in [0.2, 0.25) is 0 Å². The molecule has 0 saturated heterocycles. The minimum absolute atomic E-state index is 0. The van der Waals surface area contributed by atoms with Gasteiger partial charge in [-0.05, 0) is 0 Å². The third-order valence-electron chi connectivity index (χ3n) is 3.14. The highest BCUT2D eigenvalue weighted by Crippen LogP contribution is 2.59. The lowest BCUT2D eigenvalue weighted by atomic mass is 9.91. The normalized spacial score (nSPS) is 41.7. The first-order valence-electron chi connectivity index (χ1n) is 4.17. The van der Waals surface area contributed by atoms with Crippen LogP contribution in [0.2, 0.25) is 0 Å². The molecular weight excluding hydrogens is 226 g/mol. The molecule has 0 aromatic carbocycles. The molecule has 15 heavy (non-hydrogen) atoms. The summed E-state index contributed by atoms with van der Waals surface area (Å²) in [5.74, 6) is -5.05. The second kappa shape index (κ2) is 3.18. The predicted octanol–water partition coefficient (Wildman–Crippen LogP) is -0.890. The highest BCUT2D eigenvalue weighted by molar-refractivity contribution is 6.02. The number of ketones is 1. The van der Waals surface area contributed by atoms with Gasteiger partial charge in [-0.25, -0.2) is 0 Å².